The molecule has 1 atom stereocenters. The normalized spacial score (nSPS) is 19.4. The average Bonchev–Trinajstić information content (AvgIpc) is 2.92. The molecule has 1 aliphatic heterocycles. The van der Waals surface area contributed by atoms with Gasteiger partial charge in [-0.3, -0.25) is 4.79 Å². The van der Waals surface area contributed by atoms with E-state index >= 15 is 0 Å². The number of hydrogen-bond donors (Lipinski definition) is 3. The van der Waals surface area contributed by atoms with E-state index in [1.807, 2.05) is 0 Å². The van der Waals surface area contributed by atoms with Crippen molar-refractivity contribution in [3.63, 3.8) is 0 Å². The second kappa shape index (κ2) is 6.16. The highest BCUT2D eigenvalue weighted by atomic mass is 35.5. The van der Waals surface area contributed by atoms with Gasteiger partial charge in [0.05, 0.1) is 5.69 Å². The highest BCUT2D eigenvalue weighted by Crippen LogP contribution is 2.26. The summed E-state index contributed by atoms with van der Waals surface area (Å²) in [6.07, 6.45) is 0.871. The number of amides is 1. The fourth-order valence-electron chi connectivity index (χ4n) is 1.87. The van der Waals surface area contributed by atoms with E-state index in [0.717, 1.165) is 17.9 Å². The highest BCUT2D eigenvalue weighted by molar-refractivity contribution is 7.99. The smallest absolute Gasteiger partial charge is 0.228 e. The van der Waals surface area contributed by atoms with Gasteiger partial charge in [0.15, 0.2) is 5.84 Å². The summed E-state index contributed by atoms with van der Waals surface area (Å²) in [4.78, 5) is 12.1. The Bertz CT molecular complexity index is 516. The molecule has 1 aliphatic rings. The molecule has 0 spiro atoms. The van der Waals surface area contributed by atoms with Crippen LogP contribution >= 0.6 is 23.4 Å². The molecule has 4 N–H and O–H groups in total. The molecular formula is C12H14ClN3O2S. The van der Waals surface area contributed by atoms with Crippen LogP contribution < -0.4 is 11.1 Å². The molecule has 0 radical (unpaired) electrons. The summed E-state index contributed by atoms with van der Waals surface area (Å²) in [6, 6.07) is 4.82. The molecule has 1 aromatic rings. The largest absolute Gasteiger partial charge is 0.409 e. The van der Waals surface area contributed by atoms with E-state index in [1.165, 1.54) is 0 Å². The number of nitrogens with zero attached hydrogens (tertiary/aromatic N) is 1. The van der Waals surface area contributed by atoms with Crippen LogP contribution in [-0.2, 0) is 4.79 Å². The van der Waals surface area contributed by atoms with Crippen LogP contribution in [-0.4, -0.2) is 28.5 Å². The zero-order valence-corrected chi connectivity index (χ0v) is 11.7. The minimum absolute atomic E-state index is 0.00382. The van der Waals surface area contributed by atoms with Crippen LogP contribution in [0.4, 0.5) is 5.69 Å². The Morgan fingerprint density at radius 3 is 3.00 bits per heavy atom. The fraction of sp³-hybridized carbons (Fsp3) is 0.333. The quantitative estimate of drug-likeness (QED) is 0.345. The summed E-state index contributed by atoms with van der Waals surface area (Å²) in [7, 11) is 0. The summed E-state index contributed by atoms with van der Waals surface area (Å²) < 4.78 is 0. The first-order chi connectivity index (χ1) is 9.11. The molecular weight excluding hydrogens is 286 g/mol. The standard InChI is InChI=1S/C12H14ClN3O2S/c13-8-1-2-9(11(14)16-18)10(5-8)15-12(17)7-3-4-19-6-7/h1-2,5,7,18H,3-4,6H2,(H2,14,16)(H,15,17). The number of oxime groups is 1. The van der Waals surface area contributed by atoms with Gasteiger partial charge < -0.3 is 16.3 Å². The van der Waals surface area contributed by atoms with Crippen LogP contribution in [0.1, 0.15) is 12.0 Å². The molecule has 0 aliphatic carbocycles. The van der Waals surface area contributed by atoms with Crippen LogP contribution in [0.3, 0.4) is 0 Å². The molecule has 0 bridgehead atoms. The van der Waals surface area contributed by atoms with Crippen molar-refractivity contribution >= 4 is 40.8 Å². The maximum absolute atomic E-state index is 12.1. The van der Waals surface area contributed by atoms with Crippen LogP contribution in [0.15, 0.2) is 23.4 Å². The Hall–Kier alpha value is -1.40. The van der Waals surface area contributed by atoms with Crippen LogP contribution in [0.5, 0.6) is 0 Å². The molecule has 1 aromatic carbocycles. The lowest BCUT2D eigenvalue weighted by Crippen LogP contribution is -2.24. The first kappa shape index (κ1) is 14.0. The number of benzene rings is 1. The summed E-state index contributed by atoms with van der Waals surface area (Å²) in [6.45, 7) is 0. The van der Waals surface area contributed by atoms with E-state index in [1.54, 1.807) is 30.0 Å². The second-order valence-electron chi connectivity index (χ2n) is 4.22. The van der Waals surface area contributed by atoms with Gasteiger partial charge in [-0.1, -0.05) is 16.8 Å². The van der Waals surface area contributed by atoms with Crippen molar-refractivity contribution in [2.24, 2.45) is 16.8 Å². The van der Waals surface area contributed by atoms with Crippen molar-refractivity contribution < 1.29 is 10.0 Å². The molecule has 102 valence electrons. The predicted molar refractivity (Wildman–Crippen MR) is 78.0 cm³/mol. The van der Waals surface area contributed by atoms with E-state index in [0.29, 0.717) is 16.3 Å². The molecule has 0 aromatic heterocycles. The lowest BCUT2D eigenvalue weighted by molar-refractivity contribution is -0.119. The number of carbonyl (C=O) groups excluding carboxylic acids is 1. The third-order valence-corrected chi connectivity index (χ3v) is 4.32. The molecule has 1 saturated heterocycles. The Labute approximate surface area is 120 Å². The fourth-order valence-corrected chi connectivity index (χ4v) is 3.27. The van der Waals surface area contributed by atoms with E-state index in [2.05, 4.69) is 10.5 Å². The van der Waals surface area contributed by atoms with Crippen molar-refractivity contribution in [3.8, 4) is 0 Å². The van der Waals surface area contributed by atoms with Crippen LogP contribution in [0, 0.1) is 5.92 Å². The maximum atomic E-state index is 12.1. The number of anilines is 1. The number of amidine groups is 1. The van der Waals surface area contributed by atoms with Gasteiger partial charge in [0.25, 0.3) is 0 Å². The highest BCUT2D eigenvalue weighted by Gasteiger charge is 2.24. The summed E-state index contributed by atoms with van der Waals surface area (Å²) in [5, 5.41) is 15.0. The SMILES string of the molecule is NC(=NO)c1ccc(Cl)cc1NC(=O)C1CCSC1. The van der Waals surface area contributed by atoms with Gasteiger partial charge in [0.2, 0.25) is 5.91 Å². The molecule has 1 fully saturated rings. The van der Waals surface area contributed by atoms with Gasteiger partial charge in [-0.2, -0.15) is 11.8 Å². The zero-order chi connectivity index (χ0) is 13.8. The molecule has 2 rings (SSSR count). The van der Waals surface area contributed by atoms with Gasteiger partial charge in [0, 0.05) is 22.3 Å². The minimum Gasteiger partial charge on any atom is -0.409 e. The van der Waals surface area contributed by atoms with Crippen LogP contribution in [0.25, 0.3) is 0 Å². The van der Waals surface area contributed by atoms with Gasteiger partial charge in [0.1, 0.15) is 0 Å². The van der Waals surface area contributed by atoms with Gasteiger partial charge in [-0.05, 0) is 30.4 Å². The predicted octanol–water partition coefficient (Wildman–Crippen LogP) is 2.13. The van der Waals surface area contributed by atoms with E-state index in [4.69, 9.17) is 22.5 Å². The van der Waals surface area contributed by atoms with Crippen molar-refractivity contribution in [2.45, 2.75) is 6.42 Å². The van der Waals surface area contributed by atoms with Crippen molar-refractivity contribution in [1.82, 2.24) is 0 Å². The molecule has 19 heavy (non-hydrogen) atoms. The van der Waals surface area contributed by atoms with E-state index in [9.17, 15) is 4.79 Å². The topological polar surface area (TPSA) is 87.7 Å². The third kappa shape index (κ3) is 3.33. The van der Waals surface area contributed by atoms with Gasteiger partial charge >= 0.3 is 0 Å². The Kier molecular flexibility index (Phi) is 4.55. The third-order valence-electron chi connectivity index (χ3n) is 2.92. The molecule has 0 saturated carbocycles. The number of nitrogens with two attached hydrogens (primary N) is 1. The molecule has 1 heterocycles. The number of rotatable bonds is 3. The monoisotopic (exact) mass is 299 g/mol. The first-order valence-corrected chi connectivity index (χ1v) is 7.31. The maximum Gasteiger partial charge on any atom is 0.228 e. The Morgan fingerprint density at radius 2 is 2.37 bits per heavy atom. The molecule has 7 heteroatoms. The number of carbonyl (C=O) groups is 1. The van der Waals surface area contributed by atoms with E-state index < -0.39 is 0 Å². The van der Waals surface area contributed by atoms with Gasteiger partial charge in [-0.15, -0.1) is 0 Å². The Balaban J connectivity index is 2.22. The second-order valence-corrected chi connectivity index (χ2v) is 5.81. The van der Waals surface area contributed by atoms with E-state index in [-0.39, 0.29) is 17.7 Å². The lowest BCUT2D eigenvalue weighted by Gasteiger charge is -2.13. The molecule has 1 amide bonds. The summed E-state index contributed by atoms with van der Waals surface area (Å²) in [5.74, 6) is 1.71. The molecule has 5 nitrogen and oxygen atoms in total. The minimum atomic E-state index is -0.0623. The first-order valence-electron chi connectivity index (χ1n) is 5.78. The molecule has 1 unspecified atom stereocenters. The van der Waals surface area contributed by atoms with Crippen molar-refractivity contribution in [1.29, 1.82) is 0 Å². The number of halogens is 1. The zero-order valence-electron chi connectivity index (χ0n) is 10.1. The number of thioether (sulfide) groups is 1. The average molecular weight is 300 g/mol. The van der Waals surface area contributed by atoms with Crippen molar-refractivity contribution in [2.75, 3.05) is 16.8 Å². The van der Waals surface area contributed by atoms with Crippen LogP contribution in [0.2, 0.25) is 5.02 Å². The summed E-state index contributed by atoms with van der Waals surface area (Å²) >= 11 is 7.67. The Morgan fingerprint density at radius 1 is 1.58 bits per heavy atom. The number of nitrogens with one attached hydrogen (secondary N) is 1. The summed E-state index contributed by atoms with van der Waals surface area (Å²) in [5.41, 5.74) is 6.49. The number of hydrogen-bond acceptors (Lipinski definition) is 4. The lowest BCUT2D eigenvalue weighted by atomic mass is 10.1. The van der Waals surface area contributed by atoms with Crippen molar-refractivity contribution in [3.05, 3.63) is 28.8 Å². The van der Waals surface area contributed by atoms with Gasteiger partial charge in [-0.25, -0.2) is 0 Å².